The van der Waals surface area contributed by atoms with Crippen LogP contribution in [0.15, 0.2) is 0 Å². The maximum absolute atomic E-state index is 14.0. The van der Waals surface area contributed by atoms with E-state index in [1.807, 2.05) is 0 Å². The van der Waals surface area contributed by atoms with E-state index in [-0.39, 0.29) is 0 Å². The summed E-state index contributed by atoms with van der Waals surface area (Å²) in [5.74, 6) is 0. The van der Waals surface area contributed by atoms with E-state index >= 15 is 0 Å². The average molecular weight is 221 g/mol. The first-order chi connectivity index (χ1) is 5.18. The molecule has 0 rings (SSSR count). The summed E-state index contributed by atoms with van der Waals surface area (Å²) < 4.78 is 14.0. The third-order valence-corrected chi connectivity index (χ3v) is 10.9. The fraction of sp³-hybridized carbons (Fsp3) is 1.00. The third-order valence-electron chi connectivity index (χ3n) is 2.09. The Morgan fingerprint density at radius 1 is 0.818 bits per heavy atom. The molecule has 0 radical (unpaired) electrons. The van der Waals surface area contributed by atoms with E-state index in [9.17, 15) is 3.50 Å². The molecule has 0 heterocycles. The van der Waals surface area contributed by atoms with Gasteiger partial charge in [0.2, 0.25) is 0 Å². The Bertz CT molecular complexity index is 76.5. The Labute approximate surface area is 73.4 Å². The van der Waals surface area contributed by atoms with Gasteiger partial charge >= 0.3 is 73.0 Å². The van der Waals surface area contributed by atoms with Crippen LogP contribution in [0.3, 0.4) is 0 Å². The Morgan fingerprint density at radius 2 is 1.09 bits per heavy atom. The molecule has 0 spiro atoms. The van der Waals surface area contributed by atoms with E-state index in [0.717, 1.165) is 35.0 Å². The van der Waals surface area contributed by atoms with Gasteiger partial charge < -0.3 is 0 Å². The molecule has 2 heteroatoms. The molecule has 0 atom stereocenters. The second-order valence-electron chi connectivity index (χ2n) is 3.40. The van der Waals surface area contributed by atoms with E-state index in [1.165, 1.54) is 0 Å². The number of rotatable bonds is 6. The van der Waals surface area contributed by atoms with Gasteiger partial charge in [-0.25, -0.2) is 0 Å². The van der Waals surface area contributed by atoms with Crippen LogP contribution >= 0.6 is 0 Å². The monoisotopic (exact) mass is 222 g/mol. The Kier molecular flexibility index (Phi) is 6.30. The SMILES string of the molecule is CC[CH2][Ge]([F])([CH2]CC)[CH2]CC. The van der Waals surface area contributed by atoms with Gasteiger partial charge in [0.25, 0.3) is 0 Å². The molecule has 0 unspecified atom stereocenters. The Balaban J connectivity index is 3.79. The van der Waals surface area contributed by atoms with Crippen molar-refractivity contribution in [2.24, 2.45) is 0 Å². The summed E-state index contributed by atoms with van der Waals surface area (Å²) in [4.78, 5) is 0. The van der Waals surface area contributed by atoms with Gasteiger partial charge in [0, 0.05) is 0 Å². The topological polar surface area (TPSA) is 0 Å². The van der Waals surface area contributed by atoms with E-state index in [1.54, 1.807) is 0 Å². The summed E-state index contributed by atoms with van der Waals surface area (Å²) in [5, 5.41) is 2.80. The van der Waals surface area contributed by atoms with Gasteiger partial charge in [-0.1, -0.05) is 0 Å². The van der Waals surface area contributed by atoms with Crippen LogP contribution in [0.1, 0.15) is 40.0 Å². The second-order valence-corrected chi connectivity index (χ2v) is 11.4. The van der Waals surface area contributed by atoms with Crippen LogP contribution in [-0.4, -0.2) is 13.7 Å². The molecule has 11 heavy (non-hydrogen) atoms. The molecule has 0 bridgehead atoms. The van der Waals surface area contributed by atoms with Crippen molar-refractivity contribution in [2.45, 2.75) is 55.8 Å². The Morgan fingerprint density at radius 3 is 1.27 bits per heavy atom. The summed E-state index contributed by atoms with van der Waals surface area (Å²) in [5.41, 5.74) is 0. The average Bonchev–Trinajstić information content (AvgIpc) is 1.88. The molecule has 68 valence electrons. The zero-order valence-corrected chi connectivity index (χ0v) is 10.2. The van der Waals surface area contributed by atoms with Gasteiger partial charge in [0.15, 0.2) is 0 Å². The molecule has 0 aliphatic carbocycles. The van der Waals surface area contributed by atoms with Crippen molar-refractivity contribution in [2.75, 3.05) is 0 Å². The predicted molar refractivity (Wildman–Crippen MR) is 52.2 cm³/mol. The van der Waals surface area contributed by atoms with E-state index in [2.05, 4.69) is 20.8 Å². The van der Waals surface area contributed by atoms with Crippen molar-refractivity contribution in [3.05, 3.63) is 0 Å². The normalized spacial score (nSPS) is 12.0. The first kappa shape index (κ1) is 11.5. The fourth-order valence-corrected chi connectivity index (χ4v) is 8.93. The quantitative estimate of drug-likeness (QED) is 0.591. The molecule has 0 N–H and O–H groups in total. The van der Waals surface area contributed by atoms with Crippen LogP contribution in [0.5, 0.6) is 0 Å². The van der Waals surface area contributed by atoms with Crippen molar-refractivity contribution in [1.82, 2.24) is 0 Å². The first-order valence-corrected chi connectivity index (χ1v) is 10.1. The van der Waals surface area contributed by atoms with Crippen molar-refractivity contribution in [1.29, 1.82) is 0 Å². The molecule has 0 aliphatic heterocycles. The van der Waals surface area contributed by atoms with Crippen molar-refractivity contribution in [3.63, 3.8) is 0 Å². The molecule has 0 aromatic carbocycles. The van der Waals surface area contributed by atoms with Crippen molar-refractivity contribution < 1.29 is 3.50 Å². The van der Waals surface area contributed by atoms with Gasteiger partial charge in [0.1, 0.15) is 0 Å². The molecule has 0 saturated heterocycles. The van der Waals surface area contributed by atoms with Gasteiger partial charge in [-0.2, -0.15) is 0 Å². The molecule has 0 aromatic rings. The zero-order valence-electron chi connectivity index (χ0n) is 8.12. The van der Waals surface area contributed by atoms with Gasteiger partial charge in [0.05, 0.1) is 0 Å². The van der Waals surface area contributed by atoms with Crippen LogP contribution in [0.25, 0.3) is 0 Å². The van der Waals surface area contributed by atoms with E-state index in [4.69, 9.17) is 0 Å². The fourth-order valence-electron chi connectivity index (χ4n) is 1.72. The first-order valence-electron chi connectivity index (χ1n) is 4.87. The minimum absolute atomic E-state index is 0.932. The van der Waals surface area contributed by atoms with Gasteiger partial charge in [-0.3, -0.25) is 0 Å². The molecule has 0 amide bonds. The van der Waals surface area contributed by atoms with Gasteiger partial charge in [-0.05, 0) is 0 Å². The van der Waals surface area contributed by atoms with Crippen LogP contribution in [0, 0.1) is 0 Å². The zero-order chi connectivity index (χ0) is 8.74. The van der Waals surface area contributed by atoms with Crippen LogP contribution in [-0.2, 0) is 0 Å². The number of halogens is 1. The molecule has 0 aromatic heterocycles. The van der Waals surface area contributed by atoms with Crippen molar-refractivity contribution >= 4 is 13.7 Å². The van der Waals surface area contributed by atoms with Crippen LogP contribution in [0.2, 0.25) is 15.8 Å². The Hall–Kier alpha value is 0.473. The van der Waals surface area contributed by atoms with Crippen molar-refractivity contribution in [3.8, 4) is 0 Å². The molecule has 0 fully saturated rings. The second kappa shape index (κ2) is 6.04. The summed E-state index contributed by atoms with van der Waals surface area (Å²) >= 11 is -2.74. The summed E-state index contributed by atoms with van der Waals surface area (Å²) in [6, 6.07) is 0. The molecule has 0 nitrogen and oxygen atoms in total. The maximum atomic E-state index is 14.0. The molecule has 0 aliphatic rings. The number of hydrogen-bond donors (Lipinski definition) is 0. The third kappa shape index (κ3) is 4.83. The standard InChI is InChI=1S/C9H21FGe/c1-4-7-11(10,8-5-2)9-6-3/h4-9H2,1-3H3. The van der Waals surface area contributed by atoms with Crippen LogP contribution < -0.4 is 0 Å². The van der Waals surface area contributed by atoms with E-state index in [0.29, 0.717) is 0 Å². The predicted octanol–water partition coefficient (Wildman–Crippen LogP) is 4.13. The molecular formula is C9H21FGe. The number of hydrogen-bond acceptors (Lipinski definition) is 0. The van der Waals surface area contributed by atoms with E-state index < -0.39 is 13.7 Å². The van der Waals surface area contributed by atoms with Crippen LogP contribution in [0.4, 0.5) is 3.50 Å². The summed E-state index contributed by atoms with van der Waals surface area (Å²) in [7, 11) is 0. The molecule has 0 saturated carbocycles. The minimum atomic E-state index is -2.74. The van der Waals surface area contributed by atoms with Gasteiger partial charge in [-0.15, -0.1) is 0 Å². The molecular weight excluding hydrogens is 200 g/mol. The summed E-state index contributed by atoms with van der Waals surface area (Å²) in [6.07, 6.45) is 3.16. The summed E-state index contributed by atoms with van der Waals surface area (Å²) in [6.45, 7) is 6.31.